The van der Waals surface area contributed by atoms with Crippen LogP contribution in [0.1, 0.15) is 301 Å². The first-order valence-electron chi connectivity index (χ1n) is 52.7. The third kappa shape index (κ3) is 20.8. The molecule has 141 heavy (non-hydrogen) atoms. The summed E-state index contributed by atoms with van der Waals surface area (Å²) in [6.07, 6.45) is 45.5. The highest BCUT2D eigenvalue weighted by molar-refractivity contribution is 6.06. The molecular weight excluding hydrogens is 1710 g/mol. The summed E-state index contributed by atoms with van der Waals surface area (Å²) in [5, 5.41) is 0. The lowest BCUT2D eigenvalue weighted by molar-refractivity contribution is 0.389. The molecule has 0 bridgehead atoms. The third-order valence-corrected chi connectivity index (χ3v) is 29.8. The number of rotatable bonds is 39. The lowest BCUT2D eigenvalue weighted by Gasteiger charge is -2.39. The number of fused-ring (bicyclic) bond motifs is 12. The van der Waals surface area contributed by atoms with Crippen LogP contribution in [0.4, 0.5) is 0 Å². The Bertz CT molecular complexity index is 6300. The lowest BCUT2D eigenvalue weighted by Crippen LogP contribution is -2.31. The van der Waals surface area contributed by atoms with E-state index in [4.69, 9.17) is 44.9 Å². The molecule has 3 aliphatic carbocycles. The summed E-state index contributed by atoms with van der Waals surface area (Å²) < 4.78 is 0. The van der Waals surface area contributed by atoms with Gasteiger partial charge in [0.1, 0.15) is 0 Å². The molecule has 0 N–H and O–H groups in total. The highest BCUT2D eigenvalue weighted by atomic mass is 14.8. The summed E-state index contributed by atoms with van der Waals surface area (Å²) >= 11 is 0. The van der Waals surface area contributed by atoms with Crippen LogP contribution >= 0.6 is 0 Å². The van der Waals surface area contributed by atoms with Gasteiger partial charge in [-0.15, -0.1) is 0 Å². The first-order valence-corrected chi connectivity index (χ1v) is 52.7. The summed E-state index contributed by atoms with van der Waals surface area (Å²) in [4.78, 5) is 43.9. The van der Waals surface area contributed by atoms with E-state index >= 15 is 0 Å². The molecule has 9 heteroatoms. The molecule has 9 heterocycles. The van der Waals surface area contributed by atoms with Crippen LogP contribution in [-0.2, 0) is 16.2 Å². The van der Waals surface area contributed by atoms with Gasteiger partial charge < -0.3 is 0 Å². The van der Waals surface area contributed by atoms with Crippen molar-refractivity contribution in [3.8, 4) is 171 Å². The van der Waals surface area contributed by atoms with E-state index in [0.717, 1.165) is 212 Å². The average molecular weight is 1840 g/mol. The van der Waals surface area contributed by atoms with Gasteiger partial charge in [-0.2, -0.15) is 0 Å². The second-order valence-corrected chi connectivity index (χ2v) is 39.3. The van der Waals surface area contributed by atoms with Crippen LogP contribution in [-0.4, -0.2) is 44.9 Å². The molecule has 16 aromatic rings. The minimum absolute atomic E-state index is 0.354. The molecule has 702 valence electrons. The molecule has 0 aliphatic heterocycles. The van der Waals surface area contributed by atoms with E-state index in [1.165, 1.54) is 166 Å². The van der Waals surface area contributed by atoms with Gasteiger partial charge in [0.2, 0.25) is 0 Å². The summed E-state index contributed by atoms with van der Waals surface area (Å²) in [6, 6.07) is 98.4. The minimum atomic E-state index is -0.354. The van der Waals surface area contributed by atoms with Gasteiger partial charge >= 0.3 is 0 Å². The van der Waals surface area contributed by atoms with Gasteiger partial charge in [-0.3, -0.25) is 29.9 Å². The summed E-state index contributed by atoms with van der Waals surface area (Å²) in [7, 11) is 0. The zero-order valence-corrected chi connectivity index (χ0v) is 83.2. The quantitative estimate of drug-likeness (QED) is 0.0274. The molecular formula is C132H129N9. The van der Waals surface area contributed by atoms with Gasteiger partial charge in [0, 0.05) is 86.8 Å². The first-order chi connectivity index (χ1) is 69.6. The topological polar surface area (TPSA) is 116 Å². The zero-order valence-electron chi connectivity index (χ0n) is 83.2. The molecule has 0 saturated carbocycles. The highest BCUT2D eigenvalue weighted by Crippen LogP contribution is 2.72. The van der Waals surface area contributed by atoms with Gasteiger partial charge in [-0.1, -0.05) is 322 Å². The molecule has 0 unspecified atom stereocenters. The van der Waals surface area contributed by atoms with Crippen LogP contribution in [0.15, 0.2) is 310 Å². The smallest absolute Gasteiger partial charge is 0.0900 e. The fourth-order valence-corrected chi connectivity index (χ4v) is 22.8. The van der Waals surface area contributed by atoms with Crippen molar-refractivity contribution in [1.82, 2.24) is 44.9 Å². The fraction of sp³-hybridized carbons (Fsp3) is 0.295. The van der Waals surface area contributed by atoms with E-state index in [2.05, 4.69) is 241 Å². The maximum Gasteiger partial charge on any atom is 0.0900 e. The Kier molecular flexibility index (Phi) is 30.6. The Labute approximate surface area is 837 Å². The molecule has 0 saturated heterocycles. The van der Waals surface area contributed by atoms with E-state index < -0.39 is 0 Å². The van der Waals surface area contributed by atoms with Gasteiger partial charge in [-0.05, 0) is 321 Å². The lowest BCUT2D eigenvalue weighted by atomic mass is 9.63. The predicted octanol–water partition coefficient (Wildman–Crippen LogP) is 34.1. The Morgan fingerprint density at radius 3 is 0.574 bits per heavy atom. The Hall–Kier alpha value is -14.4. The molecule has 0 radical (unpaired) electrons. The Balaban J connectivity index is 0.816. The number of aromatic nitrogens is 9. The maximum absolute atomic E-state index is 5.13. The molecule has 9 aromatic heterocycles. The number of pyridine rings is 9. The van der Waals surface area contributed by atoms with Crippen molar-refractivity contribution in [3.63, 3.8) is 0 Å². The van der Waals surface area contributed by atoms with Crippen LogP contribution < -0.4 is 0 Å². The van der Waals surface area contributed by atoms with E-state index in [-0.39, 0.29) is 16.2 Å². The van der Waals surface area contributed by atoms with E-state index in [1.807, 2.05) is 146 Å². The van der Waals surface area contributed by atoms with Crippen molar-refractivity contribution in [1.29, 1.82) is 0 Å². The second kappa shape index (κ2) is 45.2. The molecule has 7 aromatic carbocycles. The molecule has 3 aliphatic rings. The molecule has 19 rings (SSSR count). The zero-order chi connectivity index (χ0) is 96.2. The largest absolute Gasteiger partial charge is 0.255 e. The average Bonchev–Trinajstić information content (AvgIpc) is 1.48. The molecule has 0 atom stereocenters. The van der Waals surface area contributed by atoms with Crippen molar-refractivity contribution in [2.75, 3.05) is 0 Å². The summed E-state index contributed by atoms with van der Waals surface area (Å²) in [6.45, 7) is 14.3. The van der Waals surface area contributed by atoms with Crippen LogP contribution in [0, 0.1) is 35.5 Å². The number of benzene rings is 7. The number of hydrogen-bond donors (Lipinski definition) is 0. The van der Waals surface area contributed by atoms with E-state index in [0.29, 0.717) is 0 Å². The second-order valence-electron chi connectivity index (χ2n) is 39.3. The SMILES string of the molecule is CCCCCCC1(CCCCCC)c2cc(C#Cc3ccc(-c4cc(-c5ccccn5)nc(-c5ccccn5)c4)cc3)ccc2-c2c1c1c(c3c2C(CCCCCC)(CCCCCC)c2cc(C#Cc4ccc(-c5cc(-c6ccccn6)nc(-c6ccccn6)c5)cc4)ccc2-3)C(CCCCCC)(CCCCCC)c2cc(C#Cc3ccc(-c4cc(-c5ccccn5)nc(-c5ccccn5)c4)cc3)ccc2-1. The minimum Gasteiger partial charge on any atom is -0.255 e. The molecule has 0 amide bonds. The number of nitrogens with zero attached hydrogens (tertiary/aromatic N) is 9. The number of hydrogen-bond acceptors (Lipinski definition) is 9. The molecule has 0 spiro atoms. The monoisotopic (exact) mass is 1840 g/mol. The van der Waals surface area contributed by atoms with Crippen LogP contribution in [0.3, 0.4) is 0 Å². The Morgan fingerprint density at radius 2 is 0.383 bits per heavy atom. The van der Waals surface area contributed by atoms with E-state index in [1.54, 1.807) is 16.7 Å². The molecule has 9 nitrogen and oxygen atoms in total. The van der Waals surface area contributed by atoms with Gasteiger partial charge in [-0.25, -0.2) is 15.0 Å². The van der Waals surface area contributed by atoms with E-state index in [9.17, 15) is 0 Å². The van der Waals surface area contributed by atoms with Crippen LogP contribution in [0.5, 0.6) is 0 Å². The maximum atomic E-state index is 5.13. The van der Waals surface area contributed by atoms with Crippen LogP contribution in [0.25, 0.3) is 135 Å². The van der Waals surface area contributed by atoms with Crippen molar-refractivity contribution < 1.29 is 0 Å². The van der Waals surface area contributed by atoms with Crippen molar-refractivity contribution in [3.05, 3.63) is 377 Å². The van der Waals surface area contributed by atoms with Crippen molar-refractivity contribution >= 4 is 0 Å². The van der Waals surface area contributed by atoms with Gasteiger partial charge in [0.15, 0.2) is 0 Å². The van der Waals surface area contributed by atoms with Crippen molar-refractivity contribution in [2.45, 2.75) is 250 Å². The standard InChI is InChI=1S/C132H129N9/c1-7-13-19-31-73-130(74-32-20-14-8-2)109-85-97(52-49-94-55-64-100(65-56-94)103-88-118(112-43-25-37-79-133-112)139-119(89-103)113-44-26-38-80-134-113)61-70-106(109)124-127(130)125-107-71-62-98(53-50-95-57-66-101(67-58-95)104-90-120(114-45-27-39-81-135-114)140-121(91-104)115-46-28-40-82-136-115)86-110(107)131(75-33-21-15-9-3,76-34-22-16-10-4)129(125)126-108-72-63-99(87-111(108)132(128(124)126,77-35-23-17-11-5)78-36-24-18-12-6)54-51-96-59-68-102(69-60-96)105-92-122(116-47-29-41-83-137-116)141-123(93-105)117-48-30-42-84-138-117/h25-30,37-48,55-72,79-93H,7-24,31-36,73-78H2,1-6H3. The Morgan fingerprint density at radius 1 is 0.184 bits per heavy atom. The third-order valence-electron chi connectivity index (χ3n) is 29.8. The number of unbranched alkanes of at least 4 members (excludes halogenated alkanes) is 18. The normalized spacial score (nSPS) is 12.9. The highest BCUT2D eigenvalue weighted by Gasteiger charge is 2.58. The van der Waals surface area contributed by atoms with Crippen LogP contribution in [0.2, 0.25) is 0 Å². The van der Waals surface area contributed by atoms with Gasteiger partial charge in [0.05, 0.1) is 68.3 Å². The summed E-state index contributed by atoms with van der Waals surface area (Å²) in [5.41, 5.74) is 39.4. The summed E-state index contributed by atoms with van der Waals surface area (Å²) in [5.74, 6) is 23.2. The molecule has 0 fully saturated rings. The van der Waals surface area contributed by atoms with Gasteiger partial charge in [0.25, 0.3) is 0 Å². The fourth-order valence-electron chi connectivity index (χ4n) is 22.8. The van der Waals surface area contributed by atoms with Crippen molar-refractivity contribution in [2.24, 2.45) is 0 Å². The first kappa shape index (κ1) is 95.5. The predicted molar refractivity (Wildman–Crippen MR) is 584 cm³/mol.